The molecule has 2 aromatic heterocycles. The Hall–Kier alpha value is -1.89. The average molecular weight is 280 g/mol. The van der Waals surface area contributed by atoms with Crippen molar-refractivity contribution in [2.45, 2.75) is 13.5 Å². The van der Waals surface area contributed by atoms with Crippen LogP contribution in [0.2, 0.25) is 0 Å². The maximum atomic E-state index is 5.20. The Morgan fingerprint density at radius 1 is 1.26 bits per heavy atom. The lowest BCUT2D eigenvalue weighted by Crippen LogP contribution is -2.19. The van der Waals surface area contributed by atoms with Crippen molar-refractivity contribution in [2.24, 2.45) is 0 Å². The molecule has 0 bridgehead atoms. The first kappa shape index (κ1) is 13.5. The van der Waals surface area contributed by atoms with Crippen molar-refractivity contribution in [3.63, 3.8) is 0 Å². The van der Waals surface area contributed by atoms with E-state index in [1.54, 1.807) is 20.3 Å². The molecule has 0 aliphatic carbocycles. The summed E-state index contributed by atoms with van der Waals surface area (Å²) in [5.74, 6) is 1.83. The van der Waals surface area contributed by atoms with Gasteiger partial charge in [0.1, 0.15) is 0 Å². The molecule has 0 radical (unpaired) electrons. The molecule has 0 N–H and O–H groups in total. The lowest BCUT2D eigenvalue weighted by molar-refractivity contribution is 0.395. The fourth-order valence-corrected chi connectivity index (χ4v) is 2.29. The molecule has 7 heteroatoms. The number of aryl methyl sites for hydroxylation is 1. The van der Waals surface area contributed by atoms with Crippen LogP contribution in [0.4, 0.5) is 5.95 Å². The van der Waals surface area contributed by atoms with E-state index in [0.29, 0.717) is 24.3 Å². The third-order valence-corrected chi connectivity index (χ3v) is 3.24. The fraction of sp³-hybridized carbons (Fsp3) is 0.417. The maximum Gasteiger partial charge on any atom is 0.229 e. The zero-order chi connectivity index (χ0) is 13.8. The largest absolute Gasteiger partial charge is 0.481 e. The molecule has 6 nitrogen and oxygen atoms in total. The predicted octanol–water partition coefficient (Wildman–Crippen LogP) is 1.90. The lowest BCUT2D eigenvalue weighted by atomic mass is 10.3. The normalized spacial score (nSPS) is 10.3. The van der Waals surface area contributed by atoms with E-state index in [2.05, 4.69) is 14.3 Å². The van der Waals surface area contributed by atoms with Gasteiger partial charge >= 0.3 is 0 Å². The van der Waals surface area contributed by atoms with E-state index in [1.165, 1.54) is 11.5 Å². The Morgan fingerprint density at radius 3 is 2.74 bits per heavy atom. The van der Waals surface area contributed by atoms with Gasteiger partial charge in [0.2, 0.25) is 17.7 Å². The zero-order valence-corrected chi connectivity index (χ0v) is 12.2. The molecule has 0 atom stereocenters. The van der Waals surface area contributed by atoms with Gasteiger partial charge in [-0.25, -0.2) is 4.98 Å². The Bertz CT molecular complexity index is 558. The summed E-state index contributed by atoms with van der Waals surface area (Å²) in [6, 6.07) is 1.80. The van der Waals surface area contributed by atoms with Crippen molar-refractivity contribution in [1.29, 1.82) is 0 Å². The van der Waals surface area contributed by atoms with Crippen LogP contribution >= 0.6 is 11.5 Å². The van der Waals surface area contributed by atoms with E-state index in [9.17, 15) is 0 Å². The third-order valence-electron chi connectivity index (χ3n) is 2.58. The number of rotatable bonds is 5. The van der Waals surface area contributed by atoms with Gasteiger partial charge in [-0.1, -0.05) is 0 Å². The minimum atomic E-state index is 0.560. The van der Waals surface area contributed by atoms with Crippen LogP contribution < -0.4 is 14.4 Å². The van der Waals surface area contributed by atoms with Crippen LogP contribution in [0.1, 0.15) is 11.3 Å². The summed E-state index contributed by atoms with van der Waals surface area (Å²) in [5, 5.41) is 1.96. The second-order valence-electron chi connectivity index (χ2n) is 4.06. The van der Waals surface area contributed by atoms with E-state index in [-0.39, 0.29) is 0 Å². The van der Waals surface area contributed by atoms with Crippen LogP contribution in [0, 0.1) is 6.92 Å². The molecule has 0 fully saturated rings. The van der Waals surface area contributed by atoms with E-state index >= 15 is 0 Å². The molecule has 0 aliphatic heterocycles. The van der Waals surface area contributed by atoms with E-state index < -0.39 is 0 Å². The fourth-order valence-electron chi connectivity index (χ4n) is 1.65. The topological polar surface area (TPSA) is 60.4 Å². The van der Waals surface area contributed by atoms with Crippen molar-refractivity contribution < 1.29 is 9.47 Å². The minimum Gasteiger partial charge on any atom is -0.481 e. The monoisotopic (exact) mass is 280 g/mol. The molecule has 0 saturated heterocycles. The Labute approximate surface area is 116 Å². The molecule has 0 aromatic carbocycles. The predicted molar refractivity (Wildman–Crippen MR) is 74.1 cm³/mol. The molecule has 0 saturated carbocycles. The van der Waals surface area contributed by atoms with Crippen molar-refractivity contribution in [2.75, 3.05) is 26.2 Å². The molecule has 19 heavy (non-hydrogen) atoms. The van der Waals surface area contributed by atoms with Gasteiger partial charge in [0.25, 0.3) is 0 Å². The number of aromatic nitrogens is 3. The first-order valence-corrected chi connectivity index (χ1v) is 6.55. The van der Waals surface area contributed by atoms with Gasteiger partial charge in [-0.15, -0.1) is 0 Å². The second-order valence-corrected chi connectivity index (χ2v) is 4.69. The molecule has 0 aliphatic rings. The number of anilines is 1. The Balaban J connectivity index is 2.20. The van der Waals surface area contributed by atoms with Crippen LogP contribution in [0.5, 0.6) is 11.8 Å². The van der Waals surface area contributed by atoms with Crippen molar-refractivity contribution in [1.82, 2.24) is 14.3 Å². The quantitative estimate of drug-likeness (QED) is 0.833. The molecule has 2 aromatic rings. The third kappa shape index (κ3) is 3.11. The van der Waals surface area contributed by atoms with Crippen molar-refractivity contribution in [3.05, 3.63) is 22.7 Å². The number of methoxy groups -OCH3 is 2. The highest BCUT2D eigenvalue weighted by Crippen LogP contribution is 2.22. The summed E-state index contributed by atoms with van der Waals surface area (Å²) >= 11 is 1.37. The first-order chi connectivity index (χ1) is 9.13. The van der Waals surface area contributed by atoms with Crippen LogP contribution in [0.15, 0.2) is 11.4 Å². The smallest absolute Gasteiger partial charge is 0.229 e. The molecule has 2 rings (SSSR count). The van der Waals surface area contributed by atoms with Crippen LogP contribution in [0.25, 0.3) is 0 Å². The Morgan fingerprint density at radius 2 is 2.05 bits per heavy atom. The van der Waals surface area contributed by atoms with Crippen LogP contribution in [0.3, 0.4) is 0 Å². The highest BCUT2D eigenvalue weighted by Gasteiger charge is 2.12. The first-order valence-electron chi connectivity index (χ1n) is 5.72. The highest BCUT2D eigenvalue weighted by atomic mass is 32.1. The van der Waals surface area contributed by atoms with E-state index in [1.807, 2.05) is 24.3 Å². The lowest BCUT2D eigenvalue weighted by Gasteiger charge is -2.17. The summed E-state index contributed by atoms with van der Waals surface area (Å²) in [6.07, 6.45) is 0. The van der Waals surface area contributed by atoms with Gasteiger partial charge in [-0.05, 0) is 18.5 Å². The second kappa shape index (κ2) is 5.83. The molecular weight excluding hydrogens is 264 g/mol. The summed E-state index contributed by atoms with van der Waals surface area (Å²) in [6.45, 7) is 2.54. The van der Waals surface area contributed by atoms with Gasteiger partial charge in [-0.2, -0.15) is 9.36 Å². The minimum absolute atomic E-state index is 0.560. The van der Waals surface area contributed by atoms with Gasteiger partial charge in [0.15, 0.2) is 0 Å². The van der Waals surface area contributed by atoms with Crippen molar-refractivity contribution in [3.8, 4) is 11.8 Å². The number of nitrogens with zero attached hydrogens (tertiary/aromatic N) is 4. The Kier molecular flexibility index (Phi) is 4.16. The van der Waals surface area contributed by atoms with Crippen LogP contribution in [-0.4, -0.2) is 35.6 Å². The molecule has 0 spiro atoms. The van der Waals surface area contributed by atoms with Crippen LogP contribution in [-0.2, 0) is 6.54 Å². The number of ether oxygens (including phenoxy) is 2. The maximum absolute atomic E-state index is 5.20. The van der Waals surface area contributed by atoms with Gasteiger partial charge in [0, 0.05) is 29.8 Å². The van der Waals surface area contributed by atoms with E-state index in [4.69, 9.17) is 9.47 Å². The zero-order valence-electron chi connectivity index (χ0n) is 11.4. The van der Waals surface area contributed by atoms with Gasteiger partial charge in [-0.3, -0.25) is 0 Å². The summed E-state index contributed by atoms with van der Waals surface area (Å²) in [5.41, 5.74) is 1.88. The SMILES string of the molecule is COc1cc(C)nc(N(C)Cc2csnc2OC)n1. The van der Waals surface area contributed by atoms with Gasteiger partial charge in [0.05, 0.1) is 20.8 Å². The number of hydrogen-bond donors (Lipinski definition) is 0. The molecule has 0 unspecified atom stereocenters. The summed E-state index contributed by atoms with van der Waals surface area (Å²) in [4.78, 5) is 10.6. The van der Waals surface area contributed by atoms with Gasteiger partial charge < -0.3 is 14.4 Å². The number of hydrogen-bond acceptors (Lipinski definition) is 7. The van der Waals surface area contributed by atoms with E-state index in [0.717, 1.165) is 11.3 Å². The summed E-state index contributed by atoms with van der Waals surface area (Å²) < 4.78 is 14.5. The molecular formula is C12H16N4O2S. The molecule has 102 valence electrons. The molecule has 2 heterocycles. The highest BCUT2D eigenvalue weighted by molar-refractivity contribution is 7.03. The standard InChI is InChI=1S/C12H16N4O2S/c1-8-5-10(17-3)14-12(13-8)16(2)6-9-7-19-15-11(9)18-4/h5,7H,6H2,1-4H3. The summed E-state index contributed by atoms with van der Waals surface area (Å²) in [7, 11) is 5.13. The molecule has 0 amide bonds. The van der Waals surface area contributed by atoms with Crippen molar-refractivity contribution >= 4 is 17.5 Å². The average Bonchev–Trinajstić information content (AvgIpc) is 2.85.